The van der Waals surface area contributed by atoms with Crippen molar-refractivity contribution in [1.29, 1.82) is 0 Å². The van der Waals surface area contributed by atoms with Crippen LogP contribution in [0.1, 0.15) is 25.1 Å². The number of amides is 1. The van der Waals surface area contributed by atoms with Crippen LogP contribution in [0.5, 0.6) is 0 Å². The van der Waals surface area contributed by atoms with Crippen LogP contribution in [0.3, 0.4) is 0 Å². The Labute approximate surface area is 142 Å². The van der Waals surface area contributed by atoms with E-state index < -0.39 is 5.54 Å². The van der Waals surface area contributed by atoms with Gasteiger partial charge in [0.15, 0.2) is 11.4 Å². The molecule has 1 aliphatic heterocycles. The highest BCUT2D eigenvalue weighted by Gasteiger charge is 2.45. The molecule has 0 bridgehead atoms. The SMILES string of the molecule is CC(=O)N[C@]1(c2noc(C)n2)CCN(c2nc3cc(F)ccc3o2)C1. The van der Waals surface area contributed by atoms with Crippen LogP contribution in [-0.2, 0) is 10.3 Å². The van der Waals surface area contributed by atoms with E-state index in [9.17, 15) is 9.18 Å². The highest BCUT2D eigenvalue weighted by atomic mass is 19.1. The van der Waals surface area contributed by atoms with Gasteiger partial charge in [0.2, 0.25) is 11.8 Å². The number of hydrogen-bond donors (Lipinski definition) is 1. The fourth-order valence-electron chi connectivity index (χ4n) is 3.17. The second kappa shape index (κ2) is 5.54. The number of nitrogens with one attached hydrogen (secondary N) is 1. The molecule has 0 aliphatic carbocycles. The maximum absolute atomic E-state index is 13.3. The van der Waals surface area contributed by atoms with Gasteiger partial charge in [-0.3, -0.25) is 4.79 Å². The Morgan fingerprint density at radius 2 is 2.24 bits per heavy atom. The molecule has 1 N–H and O–H groups in total. The van der Waals surface area contributed by atoms with Crippen molar-refractivity contribution in [1.82, 2.24) is 20.4 Å². The predicted molar refractivity (Wildman–Crippen MR) is 85.3 cm³/mol. The number of hydrogen-bond acceptors (Lipinski definition) is 7. The van der Waals surface area contributed by atoms with E-state index in [4.69, 9.17) is 8.94 Å². The fraction of sp³-hybridized carbons (Fsp3) is 0.375. The van der Waals surface area contributed by atoms with Gasteiger partial charge in [0, 0.05) is 26.5 Å². The molecule has 1 aromatic carbocycles. The normalized spacial score (nSPS) is 20.4. The van der Waals surface area contributed by atoms with E-state index in [1.165, 1.54) is 19.1 Å². The Hall–Kier alpha value is -2.97. The Morgan fingerprint density at radius 1 is 1.40 bits per heavy atom. The quantitative estimate of drug-likeness (QED) is 0.774. The van der Waals surface area contributed by atoms with E-state index in [-0.39, 0.29) is 11.7 Å². The van der Waals surface area contributed by atoms with Gasteiger partial charge in [-0.05, 0) is 18.6 Å². The Morgan fingerprint density at radius 3 is 2.96 bits per heavy atom. The van der Waals surface area contributed by atoms with Gasteiger partial charge in [-0.1, -0.05) is 5.16 Å². The molecule has 1 amide bonds. The number of aromatic nitrogens is 3. The first-order chi connectivity index (χ1) is 11.9. The van der Waals surface area contributed by atoms with Gasteiger partial charge >= 0.3 is 0 Å². The van der Waals surface area contributed by atoms with E-state index >= 15 is 0 Å². The molecule has 0 unspecified atom stereocenters. The molecule has 130 valence electrons. The minimum atomic E-state index is -0.782. The summed E-state index contributed by atoms with van der Waals surface area (Å²) in [5.74, 6) is 0.285. The highest BCUT2D eigenvalue weighted by molar-refractivity contribution is 5.75. The molecule has 0 saturated carbocycles. The van der Waals surface area contributed by atoms with Gasteiger partial charge in [-0.2, -0.15) is 9.97 Å². The van der Waals surface area contributed by atoms with Crippen LogP contribution >= 0.6 is 0 Å². The van der Waals surface area contributed by atoms with Crippen molar-refractivity contribution in [3.05, 3.63) is 35.7 Å². The number of aryl methyl sites for hydroxylation is 1. The van der Waals surface area contributed by atoms with E-state index in [1.54, 1.807) is 13.0 Å². The summed E-state index contributed by atoms with van der Waals surface area (Å²) in [5.41, 5.74) is 0.168. The summed E-state index contributed by atoms with van der Waals surface area (Å²) in [7, 11) is 0. The number of halogens is 1. The first-order valence-corrected chi connectivity index (χ1v) is 7.86. The highest BCUT2D eigenvalue weighted by Crippen LogP contribution is 2.34. The van der Waals surface area contributed by atoms with Gasteiger partial charge in [0.1, 0.15) is 16.9 Å². The van der Waals surface area contributed by atoms with Gasteiger partial charge in [-0.25, -0.2) is 4.39 Å². The zero-order valence-corrected chi connectivity index (χ0v) is 13.7. The number of anilines is 1. The molecule has 3 aromatic rings. The maximum atomic E-state index is 13.3. The Bertz CT molecular complexity index is 952. The lowest BCUT2D eigenvalue weighted by Crippen LogP contribution is -2.48. The van der Waals surface area contributed by atoms with Crippen molar-refractivity contribution in [2.45, 2.75) is 25.8 Å². The lowest BCUT2D eigenvalue weighted by molar-refractivity contribution is -0.120. The summed E-state index contributed by atoms with van der Waals surface area (Å²) in [6.45, 7) is 4.09. The van der Waals surface area contributed by atoms with Crippen LogP contribution < -0.4 is 10.2 Å². The number of oxazole rings is 1. The number of fused-ring (bicyclic) bond motifs is 1. The van der Waals surface area contributed by atoms with E-state index in [0.29, 0.717) is 48.3 Å². The molecule has 1 fully saturated rings. The molecule has 0 radical (unpaired) electrons. The van der Waals surface area contributed by atoms with Crippen LogP contribution in [0.2, 0.25) is 0 Å². The van der Waals surface area contributed by atoms with Crippen LogP contribution in [0.4, 0.5) is 10.4 Å². The third kappa shape index (κ3) is 2.71. The summed E-state index contributed by atoms with van der Waals surface area (Å²) >= 11 is 0. The molecule has 1 aliphatic rings. The maximum Gasteiger partial charge on any atom is 0.298 e. The monoisotopic (exact) mass is 345 g/mol. The van der Waals surface area contributed by atoms with Crippen molar-refractivity contribution in [3.63, 3.8) is 0 Å². The van der Waals surface area contributed by atoms with Crippen molar-refractivity contribution in [2.75, 3.05) is 18.0 Å². The van der Waals surface area contributed by atoms with E-state index in [1.807, 2.05) is 4.90 Å². The molecule has 4 rings (SSSR count). The van der Waals surface area contributed by atoms with Gasteiger partial charge in [0.25, 0.3) is 6.01 Å². The Balaban J connectivity index is 1.67. The fourth-order valence-corrected chi connectivity index (χ4v) is 3.17. The average molecular weight is 345 g/mol. The smallest absolute Gasteiger partial charge is 0.298 e. The van der Waals surface area contributed by atoms with Crippen molar-refractivity contribution in [2.24, 2.45) is 0 Å². The Kier molecular flexibility index (Phi) is 3.45. The number of carbonyl (C=O) groups excluding carboxylic acids is 1. The standard InChI is InChI=1S/C16H16FN5O3/c1-9(23)20-16(14-18-10(2)25-21-14)5-6-22(8-16)15-19-12-7-11(17)3-4-13(12)24-15/h3-4,7H,5-6,8H2,1-2H3,(H,20,23)/t16-/m1/s1. The van der Waals surface area contributed by atoms with Crippen LogP contribution in [0, 0.1) is 12.7 Å². The summed E-state index contributed by atoms with van der Waals surface area (Å²) in [4.78, 5) is 22.2. The van der Waals surface area contributed by atoms with E-state index in [2.05, 4.69) is 20.4 Å². The molecule has 25 heavy (non-hydrogen) atoms. The molecule has 3 heterocycles. The zero-order valence-electron chi connectivity index (χ0n) is 13.7. The number of carbonyl (C=O) groups is 1. The van der Waals surface area contributed by atoms with Gasteiger partial charge in [-0.15, -0.1) is 0 Å². The van der Waals surface area contributed by atoms with Crippen molar-refractivity contribution >= 4 is 23.0 Å². The topological polar surface area (TPSA) is 97.3 Å². The second-order valence-electron chi connectivity index (χ2n) is 6.18. The average Bonchev–Trinajstić information content (AvgIpc) is 3.24. The molecular weight excluding hydrogens is 329 g/mol. The summed E-state index contributed by atoms with van der Waals surface area (Å²) in [6.07, 6.45) is 0.568. The first-order valence-electron chi connectivity index (χ1n) is 7.86. The summed E-state index contributed by atoms with van der Waals surface area (Å²) in [5, 5.41) is 6.91. The van der Waals surface area contributed by atoms with Gasteiger partial charge < -0.3 is 19.2 Å². The third-order valence-electron chi connectivity index (χ3n) is 4.25. The number of rotatable bonds is 3. The van der Waals surface area contributed by atoms with Gasteiger partial charge in [0.05, 0.1) is 6.54 Å². The minimum absolute atomic E-state index is 0.191. The second-order valence-corrected chi connectivity index (χ2v) is 6.18. The molecule has 9 heteroatoms. The molecule has 1 saturated heterocycles. The third-order valence-corrected chi connectivity index (χ3v) is 4.25. The van der Waals surface area contributed by atoms with Crippen molar-refractivity contribution in [3.8, 4) is 0 Å². The van der Waals surface area contributed by atoms with Crippen LogP contribution in [-0.4, -0.2) is 34.1 Å². The number of nitrogens with zero attached hydrogens (tertiary/aromatic N) is 4. The van der Waals surface area contributed by atoms with Crippen LogP contribution in [0.25, 0.3) is 11.1 Å². The molecule has 1 atom stereocenters. The molecule has 2 aromatic heterocycles. The lowest BCUT2D eigenvalue weighted by atomic mass is 9.97. The number of benzene rings is 1. The zero-order chi connectivity index (χ0) is 17.6. The van der Waals surface area contributed by atoms with Crippen molar-refractivity contribution < 1.29 is 18.1 Å². The predicted octanol–water partition coefficient (Wildman–Crippen LogP) is 1.90. The lowest BCUT2D eigenvalue weighted by Gasteiger charge is -2.26. The summed E-state index contributed by atoms with van der Waals surface area (Å²) in [6, 6.07) is 4.56. The summed E-state index contributed by atoms with van der Waals surface area (Å²) < 4.78 is 24.1. The first kappa shape index (κ1) is 15.6. The molecule has 0 spiro atoms. The molecule has 8 nitrogen and oxygen atoms in total. The largest absolute Gasteiger partial charge is 0.423 e. The minimum Gasteiger partial charge on any atom is -0.423 e. The van der Waals surface area contributed by atoms with E-state index in [0.717, 1.165) is 0 Å². The van der Waals surface area contributed by atoms with Crippen LogP contribution in [0.15, 0.2) is 27.1 Å². The molecular formula is C16H16FN5O3.